The predicted molar refractivity (Wildman–Crippen MR) is 66.8 cm³/mol. The SMILES string of the molecule is O=C(O)c1c[nH]c2ccc3ncccc3c2c1=O. The zero-order valence-electron chi connectivity index (χ0n) is 9.18. The zero-order chi connectivity index (χ0) is 12.7. The van der Waals surface area contributed by atoms with Crippen molar-refractivity contribution >= 4 is 27.8 Å². The molecule has 5 nitrogen and oxygen atoms in total. The number of aromatic carboxylic acids is 1. The molecule has 2 N–H and O–H groups in total. The number of rotatable bonds is 1. The van der Waals surface area contributed by atoms with Gasteiger partial charge in [-0.1, -0.05) is 6.07 Å². The molecule has 0 aliphatic rings. The summed E-state index contributed by atoms with van der Waals surface area (Å²) in [5.74, 6) is -1.24. The second kappa shape index (κ2) is 3.66. The monoisotopic (exact) mass is 240 g/mol. The first kappa shape index (κ1) is 10.5. The van der Waals surface area contributed by atoms with E-state index in [1.807, 2.05) is 0 Å². The molecule has 3 rings (SSSR count). The van der Waals surface area contributed by atoms with E-state index in [9.17, 15) is 9.59 Å². The highest BCUT2D eigenvalue weighted by atomic mass is 16.4. The smallest absolute Gasteiger partial charge is 0.341 e. The average molecular weight is 240 g/mol. The molecule has 0 aliphatic carbocycles. The van der Waals surface area contributed by atoms with Crippen LogP contribution in [0.3, 0.4) is 0 Å². The Morgan fingerprint density at radius 2 is 2.11 bits per heavy atom. The normalized spacial score (nSPS) is 10.9. The number of nitrogens with zero attached hydrogens (tertiary/aromatic N) is 1. The highest BCUT2D eigenvalue weighted by Crippen LogP contribution is 2.19. The third-order valence-corrected chi connectivity index (χ3v) is 2.86. The van der Waals surface area contributed by atoms with Gasteiger partial charge in [-0.25, -0.2) is 4.79 Å². The van der Waals surface area contributed by atoms with Gasteiger partial charge in [0.05, 0.1) is 16.4 Å². The lowest BCUT2D eigenvalue weighted by molar-refractivity contribution is 0.0695. The Morgan fingerprint density at radius 1 is 1.28 bits per heavy atom. The Labute approximate surface area is 101 Å². The molecular formula is C13H8N2O3. The first-order valence-corrected chi connectivity index (χ1v) is 5.31. The highest BCUT2D eigenvalue weighted by Gasteiger charge is 2.13. The lowest BCUT2D eigenvalue weighted by Gasteiger charge is -2.03. The first-order chi connectivity index (χ1) is 8.68. The van der Waals surface area contributed by atoms with Gasteiger partial charge >= 0.3 is 5.97 Å². The van der Waals surface area contributed by atoms with Crippen molar-refractivity contribution in [2.45, 2.75) is 0 Å². The van der Waals surface area contributed by atoms with Crippen LogP contribution in [0.5, 0.6) is 0 Å². The number of fused-ring (bicyclic) bond motifs is 3. The number of H-pyrrole nitrogens is 1. The quantitative estimate of drug-likeness (QED) is 0.635. The maximum absolute atomic E-state index is 12.2. The van der Waals surface area contributed by atoms with Crippen molar-refractivity contribution in [2.24, 2.45) is 0 Å². The van der Waals surface area contributed by atoms with Crippen molar-refractivity contribution in [2.75, 3.05) is 0 Å². The van der Waals surface area contributed by atoms with Crippen molar-refractivity contribution in [1.29, 1.82) is 0 Å². The molecule has 0 radical (unpaired) electrons. The van der Waals surface area contributed by atoms with Crippen molar-refractivity contribution in [3.63, 3.8) is 0 Å². The minimum atomic E-state index is -1.24. The van der Waals surface area contributed by atoms with Gasteiger partial charge in [0.1, 0.15) is 5.56 Å². The summed E-state index contributed by atoms with van der Waals surface area (Å²) >= 11 is 0. The topological polar surface area (TPSA) is 83.0 Å². The fourth-order valence-corrected chi connectivity index (χ4v) is 2.03. The van der Waals surface area contributed by atoms with Crippen LogP contribution in [0.2, 0.25) is 0 Å². The van der Waals surface area contributed by atoms with Crippen LogP contribution in [-0.4, -0.2) is 21.0 Å². The molecule has 1 aromatic carbocycles. The van der Waals surface area contributed by atoms with Gasteiger partial charge in [-0.05, 0) is 18.2 Å². The summed E-state index contributed by atoms with van der Waals surface area (Å²) in [5, 5.41) is 9.98. The largest absolute Gasteiger partial charge is 0.477 e. The van der Waals surface area contributed by atoms with Gasteiger partial charge in [0.2, 0.25) is 5.43 Å². The van der Waals surface area contributed by atoms with Crippen molar-refractivity contribution in [3.8, 4) is 0 Å². The molecule has 18 heavy (non-hydrogen) atoms. The van der Waals surface area contributed by atoms with Crippen LogP contribution in [0.25, 0.3) is 21.8 Å². The van der Waals surface area contributed by atoms with E-state index < -0.39 is 11.4 Å². The number of nitrogens with one attached hydrogen (secondary N) is 1. The van der Waals surface area contributed by atoms with Crippen LogP contribution in [-0.2, 0) is 0 Å². The maximum atomic E-state index is 12.2. The number of carboxylic acids is 1. The fourth-order valence-electron chi connectivity index (χ4n) is 2.03. The predicted octanol–water partition coefficient (Wildman–Crippen LogP) is 1.77. The lowest BCUT2D eigenvalue weighted by Crippen LogP contribution is -2.15. The van der Waals surface area contributed by atoms with E-state index in [4.69, 9.17) is 5.11 Å². The summed E-state index contributed by atoms with van der Waals surface area (Å²) in [6.07, 6.45) is 2.85. The van der Waals surface area contributed by atoms with Crippen molar-refractivity contribution < 1.29 is 9.90 Å². The van der Waals surface area contributed by atoms with E-state index in [1.54, 1.807) is 30.5 Å². The summed E-state index contributed by atoms with van der Waals surface area (Å²) in [7, 11) is 0. The molecule has 88 valence electrons. The van der Waals surface area contributed by atoms with Gasteiger partial charge < -0.3 is 10.1 Å². The molecular weight excluding hydrogens is 232 g/mol. The van der Waals surface area contributed by atoms with E-state index in [0.717, 1.165) is 0 Å². The number of hydrogen-bond donors (Lipinski definition) is 2. The Bertz CT molecular complexity index is 836. The zero-order valence-corrected chi connectivity index (χ0v) is 9.18. The van der Waals surface area contributed by atoms with Gasteiger partial charge in [0, 0.05) is 17.8 Å². The van der Waals surface area contributed by atoms with Crippen LogP contribution in [0, 0.1) is 0 Å². The van der Waals surface area contributed by atoms with Gasteiger partial charge in [-0.15, -0.1) is 0 Å². The van der Waals surface area contributed by atoms with Crippen LogP contribution in [0.1, 0.15) is 10.4 Å². The summed E-state index contributed by atoms with van der Waals surface area (Å²) in [5.41, 5.74) is 0.511. The molecule has 0 atom stereocenters. The Hall–Kier alpha value is -2.69. The van der Waals surface area contributed by atoms with Crippen LogP contribution < -0.4 is 5.43 Å². The van der Waals surface area contributed by atoms with Gasteiger partial charge in [0.25, 0.3) is 0 Å². The van der Waals surface area contributed by atoms with Crippen LogP contribution in [0.4, 0.5) is 0 Å². The minimum absolute atomic E-state index is 0.265. The van der Waals surface area contributed by atoms with E-state index >= 15 is 0 Å². The highest BCUT2D eigenvalue weighted by molar-refractivity contribution is 6.06. The summed E-state index contributed by atoms with van der Waals surface area (Å²) in [4.78, 5) is 30.1. The van der Waals surface area contributed by atoms with Gasteiger partial charge in [-0.3, -0.25) is 9.78 Å². The van der Waals surface area contributed by atoms with Crippen molar-refractivity contribution in [1.82, 2.24) is 9.97 Å². The lowest BCUT2D eigenvalue weighted by atomic mass is 10.1. The van der Waals surface area contributed by atoms with Crippen LogP contribution in [0.15, 0.2) is 41.5 Å². The Kier molecular flexibility index (Phi) is 2.13. The summed E-state index contributed by atoms with van der Waals surface area (Å²) < 4.78 is 0. The third kappa shape index (κ3) is 1.37. The van der Waals surface area contributed by atoms with Gasteiger partial charge in [0.15, 0.2) is 0 Å². The summed E-state index contributed by atoms with van der Waals surface area (Å²) in [6.45, 7) is 0. The molecule has 0 spiro atoms. The number of carbonyl (C=O) groups is 1. The number of carboxylic acid groups (broad SMARTS) is 1. The number of pyridine rings is 2. The summed E-state index contributed by atoms with van der Waals surface area (Å²) in [6, 6.07) is 6.98. The second-order valence-corrected chi connectivity index (χ2v) is 3.89. The molecule has 2 heterocycles. The Morgan fingerprint density at radius 3 is 2.89 bits per heavy atom. The molecule has 2 aromatic heterocycles. The number of aromatic nitrogens is 2. The minimum Gasteiger partial charge on any atom is -0.477 e. The molecule has 0 amide bonds. The average Bonchev–Trinajstić information content (AvgIpc) is 2.38. The third-order valence-electron chi connectivity index (χ3n) is 2.86. The molecule has 0 aliphatic heterocycles. The van der Waals surface area contributed by atoms with E-state index in [-0.39, 0.29) is 5.56 Å². The van der Waals surface area contributed by atoms with E-state index in [0.29, 0.717) is 21.8 Å². The molecule has 0 fully saturated rings. The standard InChI is InChI=1S/C13H8N2O3/c16-12-8(13(17)18)6-15-10-4-3-9-7(11(10)12)2-1-5-14-9/h1-6H,(H,15,16)(H,17,18). The van der Waals surface area contributed by atoms with Crippen molar-refractivity contribution in [3.05, 3.63) is 52.4 Å². The molecule has 3 aromatic rings. The molecule has 5 heteroatoms. The maximum Gasteiger partial charge on any atom is 0.341 e. The van der Waals surface area contributed by atoms with E-state index in [1.165, 1.54) is 6.20 Å². The first-order valence-electron chi connectivity index (χ1n) is 5.31. The van der Waals surface area contributed by atoms with E-state index in [2.05, 4.69) is 9.97 Å². The number of hydrogen-bond acceptors (Lipinski definition) is 3. The van der Waals surface area contributed by atoms with Crippen LogP contribution >= 0.6 is 0 Å². The molecule has 0 saturated heterocycles. The molecule has 0 unspecified atom stereocenters. The van der Waals surface area contributed by atoms with Gasteiger partial charge in [-0.2, -0.15) is 0 Å². The number of benzene rings is 1. The number of aromatic amines is 1. The molecule has 0 saturated carbocycles. The second-order valence-electron chi connectivity index (χ2n) is 3.89. The fraction of sp³-hybridized carbons (Fsp3) is 0. The molecule has 0 bridgehead atoms. The Balaban J connectivity index is 2.59.